The number of carbonyl (C=O) groups excluding carboxylic acids is 2. The van der Waals surface area contributed by atoms with Gasteiger partial charge in [-0.2, -0.15) is 0 Å². The van der Waals surface area contributed by atoms with E-state index in [-0.39, 0.29) is 17.6 Å². The molecule has 0 unspecified atom stereocenters. The lowest BCUT2D eigenvalue weighted by Gasteiger charge is -2.17. The number of ketones is 1. The number of carbonyl (C=O) groups is 2. The van der Waals surface area contributed by atoms with E-state index in [2.05, 4.69) is 11.9 Å². The highest BCUT2D eigenvalue weighted by atomic mass is 16.2. The molecule has 80 valence electrons. The van der Waals surface area contributed by atoms with E-state index in [1.807, 2.05) is 13.8 Å². The second-order valence-electron chi connectivity index (χ2n) is 3.56. The Kier molecular flexibility index (Phi) is 5.84. The largest absolute Gasteiger partial charge is 0.346 e. The van der Waals surface area contributed by atoms with Crippen LogP contribution in [0.25, 0.3) is 0 Å². The molecule has 1 amide bonds. The van der Waals surface area contributed by atoms with Crippen molar-refractivity contribution in [3.05, 3.63) is 12.7 Å². The van der Waals surface area contributed by atoms with E-state index in [9.17, 15) is 9.59 Å². The van der Waals surface area contributed by atoms with Gasteiger partial charge in [-0.3, -0.25) is 9.59 Å². The van der Waals surface area contributed by atoms with Gasteiger partial charge < -0.3 is 5.32 Å². The van der Waals surface area contributed by atoms with Gasteiger partial charge in [0.1, 0.15) is 0 Å². The Hall–Kier alpha value is -1.12. The molecule has 0 aliphatic rings. The van der Waals surface area contributed by atoms with Gasteiger partial charge in [0.15, 0.2) is 5.78 Å². The molecule has 0 bridgehead atoms. The number of amides is 1. The van der Waals surface area contributed by atoms with Crippen molar-refractivity contribution in [2.24, 2.45) is 5.92 Å². The maximum atomic E-state index is 11.6. The van der Waals surface area contributed by atoms with Crippen LogP contribution in [0, 0.1) is 5.92 Å². The van der Waals surface area contributed by atoms with Crippen LogP contribution in [0.2, 0.25) is 0 Å². The van der Waals surface area contributed by atoms with Crippen molar-refractivity contribution in [2.75, 3.05) is 0 Å². The van der Waals surface area contributed by atoms with Gasteiger partial charge in [0, 0.05) is 12.3 Å². The van der Waals surface area contributed by atoms with Crippen molar-refractivity contribution in [3.8, 4) is 0 Å². The molecule has 1 N–H and O–H groups in total. The highest BCUT2D eigenvalue weighted by Crippen LogP contribution is 2.04. The Morgan fingerprint density at radius 3 is 2.36 bits per heavy atom. The predicted octanol–water partition coefficient (Wildman–Crippen LogP) is 1.68. The molecule has 0 aliphatic heterocycles. The fraction of sp³-hybridized carbons (Fsp3) is 0.636. The van der Waals surface area contributed by atoms with Gasteiger partial charge in [0.05, 0.1) is 6.04 Å². The number of nitrogens with one attached hydrogen (secondary N) is 1. The maximum absolute atomic E-state index is 11.6. The van der Waals surface area contributed by atoms with Crippen LogP contribution in [-0.2, 0) is 9.59 Å². The first kappa shape index (κ1) is 12.9. The zero-order chi connectivity index (χ0) is 11.1. The molecule has 0 fully saturated rings. The van der Waals surface area contributed by atoms with E-state index >= 15 is 0 Å². The predicted molar refractivity (Wildman–Crippen MR) is 56.9 cm³/mol. The lowest BCUT2D eigenvalue weighted by Crippen LogP contribution is -2.42. The summed E-state index contributed by atoms with van der Waals surface area (Å²) in [4.78, 5) is 22.7. The third-order valence-corrected chi connectivity index (χ3v) is 1.97. The molecule has 3 heteroatoms. The summed E-state index contributed by atoms with van der Waals surface area (Å²) in [7, 11) is 0. The van der Waals surface area contributed by atoms with Crippen LogP contribution in [0.4, 0.5) is 0 Å². The van der Waals surface area contributed by atoms with Crippen molar-refractivity contribution < 1.29 is 9.59 Å². The average Bonchev–Trinajstić information content (AvgIpc) is 2.15. The summed E-state index contributed by atoms with van der Waals surface area (Å²) in [5, 5.41) is 2.69. The van der Waals surface area contributed by atoms with E-state index in [0.717, 1.165) is 0 Å². The summed E-state index contributed by atoms with van der Waals surface area (Å²) in [6.07, 6.45) is 2.56. The molecule has 0 spiro atoms. The van der Waals surface area contributed by atoms with Gasteiger partial charge in [-0.1, -0.05) is 26.8 Å². The van der Waals surface area contributed by atoms with Crippen molar-refractivity contribution in [2.45, 2.75) is 39.7 Å². The molecular formula is C11H19NO2. The summed E-state index contributed by atoms with van der Waals surface area (Å²) < 4.78 is 0. The van der Waals surface area contributed by atoms with Crippen molar-refractivity contribution in [1.29, 1.82) is 0 Å². The summed E-state index contributed by atoms with van der Waals surface area (Å²) in [5.74, 6) is -0.0883. The first-order valence-corrected chi connectivity index (χ1v) is 4.96. The van der Waals surface area contributed by atoms with Crippen LogP contribution in [-0.4, -0.2) is 17.7 Å². The average molecular weight is 197 g/mol. The highest BCUT2D eigenvalue weighted by Gasteiger charge is 2.20. The third kappa shape index (κ3) is 4.21. The fourth-order valence-corrected chi connectivity index (χ4v) is 1.11. The molecule has 0 aliphatic carbocycles. The molecule has 0 radical (unpaired) electrons. The Bertz CT molecular complexity index is 221. The van der Waals surface area contributed by atoms with Crippen LogP contribution < -0.4 is 5.32 Å². The van der Waals surface area contributed by atoms with Crippen LogP contribution in [0.1, 0.15) is 33.6 Å². The minimum atomic E-state index is -0.403. The van der Waals surface area contributed by atoms with Gasteiger partial charge >= 0.3 is 0 Å². The quantitative estimate of drug-likeness (QED) is 0.658. The van der Waals surface area contributed by atoms with E-state index in [1.54, 1.807) is 13.0 Å². The summed E-state index contributed by atoms with van der Waals surface area (Å²) in [6, 6.07) is -0.403. The van der Waals surface area contributed by atoms with E-state index in [1.165, 1.54) is 0 Å². The maximum Gasteiger partial charge on any atom is 0.220 e. The van der Waals surface area contributed by atoms with Crippen LogP contribution in [0.5, 0.6) is 0 Å². The Labute approximate surface area is 85.6 Å². The Morgan fingerprint density at radius 1 is 1.43 bits per heavy atom. The molecule has 0 aromatic carbocycles. The monoisotopic (exact) mass is 197 g/mol. The molecule has 0 saturated carbocycles. The smallest absolute Gasteiger partial charge is 0.220 e. The Morgan fingerprint density at radius 2 is 2.00 bits per heavy atom. The normalized spacial score (nSPS) is 12.3. The molecular weight excluding hydrogens is 178 g/mol. The third-order valence-electron chi connectivity index (χ3n) is 1.97. The second-order valence-corrected chi connectivity index (χ2v) is 3.56. The van der Waals surface area contributed by atoms with Crippen LogP contribution in [0.15, 0.2) is 12.7 Å². The van der Waals surface area contributed by atoms with Crippen molar-refractivity contribution in [1.82, 2.24) is 5.32 Å². The number of Topliss-reactive ketones (excluding diaryl/α,β-unsaturated/α-hetero) is 1. The molecule has 0 aromatic heterocycles. The molecule has 0 rings (SSSR count). The molecule has 14 heavy (non-hydrogen) atoms. The van der Waals surface area contributed by atoms with E-state index < -0.39 is 6.04 Å². The lowest BCUT2D eigenvalue weighted by atomic mass is 9.99. The fourth-order valence-electron chi connectivity index (χ4n) is 1.11. The van der Waals surface area contributed by atoms with Gasteiger partial charge in [0.2, 0.25) is 5.91 Å². The Balaban J connectivity index is 4.35. The number of rotatable bonds is 6. The molecule has 0 saturated heterocycles. The minimum absolute atomic E-state index is 0.0582. The van der Waals surface area contributed by atoms with Gasteiger partial charge in [-0.15, -0.1) is 6.58 Å². The lowest BCUT2D eigenvalue weighted by molar-refractivity contribution is -0.129. The number of hydrogen-bond acceptors (Lipinski definition) is 2. The van der Waals surface area contributed by atoms with E-state index in [0.29, 0.717) is 12.8 Å². The standard InChI is InChI=1S/C11H19NO2/c1-5-7-9(11(14)8(3)4)12-10(13)6-2/h5,8-9H,1,6-7H2,2-4H3,(H,12,13)/t9-/m0/s1. The topological polar surface area (TPSA) is 46.2 Å². The molecule has 1 atom stereocenters. The van der Waals surface area contributed by atoms with Crippen molar-refractivity contribution >= 4 is 11.7 Å². The van der Waals surface area contributed by atoms with Crippen LogP contribution in [0.3, 0.4) is 0 Å². The molecule has 0 heterocycles. The van der Waals surface area contributed by atoms with Gasteiger partial charge in [0.25, 0.3) is 0 Å². The first-order valence-electron chi connectivity index (χ1n) is 4.96. The molecule has 3 nitrogen and oxygen atoms in total. The summed E-state index contributed by atoms with van der Waals surface area (Å²) in [5.41, 5.74) is 0. The molecule has 0 aromatic rings. The summed E-state index contributed by atoms with van der Waals surface area (Å²) >= 11 is 0. The zero-order valence-corrected chi connectivity index (χ0v) is 9.17. The first-order chi connectivity index (χ1) is 6.52. The summed E-state index contributed by atoms with van der Waals surface area (Å²) in [6.45, 7) is 9.00. The minimum Gasteiger partial charge on any atom is -0.346 e. The van der Waals surface area contributed by atoms with Crippen LogP contribution >= 0.6 is 0 Å². The SMILES string of the molecule is C=CC[C@H](NC(=O)CC)C(=O)C(C)C. The zero-order valence-electron chi connectivity index (χ0n) is 9.17. The second kappa shape index (κ2) is 6.35. The highest BCUT2D eigenvalue weighted by molar-refractivity contribution is 5.90. The van der Waals surface area contributed by atoms with E-state index in [4.69, 9.17) is 0 Å². The number of hydrogen-bond donors (Lipinski definition) is 1. The van der Waals surface area contributed by atoms with Gasteiger partial charge in [-0.25, -0.2) is 0 Å². The van der Waals surface area contributed by atoms with Crippen molar-refractivity contribution in [3.63, 3.8) is 0 Å². The van der Waals surface area contributed by atoms with Gasteiger partial charge in [-0.05, 0) is 6.42 Å².